The predicted octanol–water partition coefficient (Wildman–Crippen LogP) is 16.0. The summed E-state index contributed by atoms with van der Waals surface area (Å²) in [7, 11) is 0. The van der Waals surface area contributed by atoms with Crippen LogP contribution in [0.5, 0.6) is 0 Å². The van der Waals surface area contributed by atoms with Gasteiger partial charge in [0, 0.05) is 27.7 Å². The Hall–Kier alpha value is -7.68. The Labute approximate surface area is 337 Å². The number of anilines is 3. The molecule has 2 nitrogen and oxygen atoms in total. The first-order chi connectivity index (χ1) is 28.7. The van der Waals surface area contributed by atoms with Crippen LogP contribution in [-0.2, 0) is 0 Å². The molecule has 0 fully saturated rings. The van der Waals surface area contributed by atoms with Crippen molar-refractivity contribution in [3.05, 3.63) is 224 Å². The molecule has 10 aromatic carbocycles. The van der Waals surface area contributed by atoms with Gasteiger partial charge in [0.2, 0.25) is 0 Å². The zero-order valence-corrected chi connectivity index (χ0v) is 31.7. The lowest BCUT2D eigenvalue weighted by atomic mass is 9.96. The molecule has 1 heterocycles. The van der Waals surface area contributed by atoms with Crippen molar-refractivity contribution in [2.45, 2.75) is 0 Å². The minimum Gasteiger partial charge on any atom is -0.456 e. The standard InChI is InChI=1S/C56H37NO/c1-2-11-38(12-3-1)40-29-32-48(33-30-40)57(53-19-8-6-17-50(53)47-28-25-39-13-4-5-14-44(39)35-47)49-16-10-15-45(36-49)41-21-23-42(24-22-41)46-27-26-43-31-34-55-56(52(43)37-46)51-18-7-9-20-54(51)58-55/h1-37H. The third-order valence-corrected chi connectivity index (χ3v) is 11.5. The molecule has 11 rings (SSSR count). The summed E-state index contributed by atoms with van der Waals surface area (Å²) in [4.78, 5) is 2.40. The third-order valence-electron chi connectivity index (χ3n) is 11.5. The van der Waals surface area contributed by atoms with Gasteiger partial charge in [0.1, 0.15) is 11.2 Å². The highest BCUT2D eigenvalue weighted by Crippen LogP contribution is 2.43. The van der Waals surface area contributed by atoms with Crippen molar-refractivity contribution < 1.29 is 4.42 Å². The molecule has 0 aliphatic heterocycles. The minimum absolute atomic E-state index is 0.918. The summed E-state index contributed by atoms with van der Waals surface area (Å²) >= 11 is 0. The maximum atomic E-state index is 6.22. The molecule has 0 aliphatic carbocycles. The molecule has 58 heavy (non-hydrogen) atoms. The number of hydrogen-bond acceptors (Lipinski definition) is 2. The molecule has 0 N–H and O–H groups in total. The van der Waals surface area contributed by atoms with Crippen molar-refractivity contribution in [1.29, 1.82) is 0 Å². The van der Waals surface area contributed by atoms with Gasteiger partial charge in [-0.3, -0.25) is 0 Å². The maximum Gasteiger partial charge on any atom is 0.136 e. The highest BCUT2D eigenvalue weighted by atomic mass is 16.3. The minimum atomic E-state index is 0.918. The number of nitrogens with zero attached hydrogens (tertiary/aromatic N) is 1. The number of furan rings is 1. The first kappa shape index (κ1) is 33.6. The SMILES string of the molecule is c1ccc(-c2ccc(N(c3cccc(-c4ccc(-c5ccc6ccc7oc8ccccc8c7c6c5)cc4)c3)c3ccccc3-c3ccc4ccccc4c3)cc2)cc1. The molecule has 0 atom stereocenters. The van der Waals surface area contributed by atoms with Crippen LogP contribution in [-0.4, -0.2) is 0 Å². The summed E-state index contributed by atoms with van der Waals surface area (Å²) in [5.74, 6) is 0. The number of para-hydroxylation sites is 2. The lowest BCUT2D eigenvalue weighted by molar-refractivity contribution is 0.669. The fourth-order valence-corrected chi connectivity index (χ4v) is 8.53. The lowest BCUT2D eigenvalue weighted by Gasteiger charge is -2.28. The molecule has 2 heteroatoms. The number of rotatable bonds is 7. The van der Waals surface area contributed by atoms with Gasteiger partial charge in [-0.05, 0) is 115 Å². The van der Waals surface area contributed by atoms with E-state index in [0.29, 0.717) is 0 Å². The van der Waals surface area contributed by atoms with E-state index in [4.69, 9.17) is 4.42 Å². The molecular formula is C56H37NO. The highest BCUT2D eigenvalue weighted by Gasteiger charge is 2.19. The van der Waals surface area contributed by atoms with Crippen molar-refractivity contribution in [2.24, 2.45) is 0 Å². The summed E-state index contributed by atoms with van der Waals surface area (Å²) in [6.45, 7) is 0. The molecule has 0 unspecified atom stereocenters. The molecule has 11 aromatic rings. The van der Waals surface area contributed by atoms with Gasteiger partial charge in [-0.15, -0.1) is 0 Å². The number of hydrogen-bond donors (Lipinski definition) is 0. The molecule has 0 aliphatic rings. The van der Waals surface area contributed by atoms with E-state index in [-0.39, 0.29) is 0 Å². The first-order valence-corrected chi connectivity index (χ1v) is 19.8. The molecule has 0 bridgehead atoms. The van der Waals surface area contributed by atoms with E-state index in [9.17, 15) is 0 Å². The van der Waals surface area contributed by atoms with Crippen molar-refractivity contribution in [3.63, 3.8) is 0 Å². The Morgan fingerprint density at radius 3 is 1.72 bits per heavy atom. The maximum absolute atomic E-state index is 6.22. The molecule has 0 spiro atoms. The van der Waals surface area contributed by atoms with Crippen molar-refractivity contribution in [2.75, 3.05) is 4.90 Å². The molecule has 0 amide bonds. The molecule has 0 saturated heterocycles. The smallest absolute Gasteiger partial charge is 0.136 e. The van der Waals surface area contributed by atoms with E-state index in [1.807, 2.05) is 12.1 Å². The van der Waals surface area contributed by atoms with Gasteiger partial charge in [0.25, 0.3) is 0 Å². The highest BCUT2D eigenvalue weighted by molar-refractivity contribution is 6.19. The van der Waals surface area contributed by atoms with Crippen molar-refractivity contribution >= 4 is 60.5 Å². The Morgan fingerprint density at radius 2 is 0.879 bits per heavy atom. The van der Waals surface area contributed by atoms with Gasteiger partial charge < -0.3 is 9.32 Å². The van der Waals surface area contributed by atoms with Crippen LogP contribution >= 0.6 is 0 Å². The van der Waals surface area contributed by atoms with Crippen LogP contribution in [0.3, 0.4) is 0 Å². The summed E-state index contributed by atoms with van der Waals surface area (Å²) in [5, 5.41) is 7.20. The second-order valence-corrected chi connectivity index (χ2v) is 14.9. The molecule has 1 aromatic heterocycles. The van der Waals surface area contributed by atoms with E-state index in [0.717, 1.165) is 44.7 Å². The molecule has 0 radical (unpaired) electrons. The van der Waals surface area contributed by atoms with Crippen LogP contribution in [0, 0.1) is 0 Å². The van der Waals surface area contributed by atoms with Gasteiger partial charge in [-0.2, -0.15) is 0 Å². The average Bonchev–Trinajstić information content (AvgIpc) is 3.69. The summed E-state index contributed by atoms with van der Waals surface area (Å²) < 4.78 is 6.22. The van der Waals surface area contributed by atoms with Gasteiger partial charge in [0.15, 0.2) is 0 Å². The zero-order chi connectivity index (χ0) is 38.4. The van der Waals surface area contributed by atoms with Gasteiger partial charge >= 0.3 is 0 Å². The average molecular weight is 740 g/mol. The van der Waals surface area contributed by atoms with Crippen LogP contribution < -0.4 is 4.90 Å². The van der Waals surface area contributed by atoms with Crippen molar-refractivity contribution in [1.82, 2.24) is 0 Å². The monoisotopic (exact) mass is 739 g/mol. The lowest BCUT2D eigenvalue weighted by Crippen LogP contribution is -2.11. The number of benzene rings is 10. The second-order valence-electron chi connectivity index (χ2n) is 14.9. The molecule has 272 valence electrons. The van der Waals surface area contributed by atoms with Crippen LogP contribution in [0.25, 0.3) is 88.0 Å². The first-order valence-electron chi connectivity index (χ1n) is 19.8. The Balaban J connectivity index is 0.990. The van der Waals surface area contributed by atoms with Crippen molar-refractivity contribution in [3.8, 4) is 44.5 Å². The quantitative estimate of drug-likeness (QED) is 0.162. The Morgan fingerprint density at radius 1 is 0.293 bits per heavy atom. The Kier molecular flexibility index (Phi) is 8.19. The third kappa shape index (κ3) is 6.00. The molecular weight excluding hydrogens is 703 g/mol. The van der Waals surface area contributed by atoms with Crippen LogP contribution in [0.2, 0.25) is 0 Å². The van der Waals surface area contributed by atoms with Crippen LogP contribution in [0.4, 0.5) is 17.1 Å². The fraction of sp³-hybridized carbons (Fsp3) is 0. The van der Waals surface area contributed by atoms with Gasteiger partial charge in [0.05, 0.1) is 5.69 Å². The van der Waals surface area contributed by atoms with E-state index in [2.05, 4.69) is 217 Å². The van der Waals surface area contributed by atoms with Gasteiger partial charge in [-0.1, -0.05) is 170 Å². The zero-order valence-electron chi connectivity index (χ0n) is 31.7. The molecule has 0 saturated carbocycles. The van der Waals surface area contributed by atoms with E-state index in [1.165, 1.54) is 60.3 Å². The predicted molar refractivity (Wildman–Crippen MR) is 245 cm³/mol. The van der Waals surface area contributed by atoms with Gasteiger partial charge in [-0.25, -0.2) is 0 Å². The van der Waals surface area contributed by atoms with E-state index in [1.54, 1.807) is 0 Å². The van der Waals surface area contributed by atoms with E-state index >= 15 is 0 Å². The summed E-state index contributed by atoms with van der Waals surface area (Å²) in [6, 6.07) is 80.8. The second kappa shape index (κ2) is 14.1. The summed E-state index contributed by atoms with van der Waals surface area (Å²) in [5.41, 5.74) is 14.6. The normalized spacial score (nSPS) is 11.4. The largest absolute Gasteiger partial charge is 0.456 e. The fourth-order valence-electron chi connectivity index (χ4n) is 8.53. The summed E-state index contributed by atoms with van der Waals surface area (Å²) in [6.07, 6.45) is 0. The Bertz CT molecular complexity index is 3270. The van der Waals surface area contributed by atoms with Crippen LogP contribution in [0.1, 0.15) is 0 Å². The number of fused-ring (bicyclic) bond motifs is 6. The van der Waals surface area contributed by atoms with Crippen LogP contribution in [0.15, 0.2) is 229 Å². The topological polar surface area (TPSA) is 16.4 Å². The van der Waals surface area contributed by atoms with E-state index < -0.39 is 0 Å².